The molecule has 1 heterocycles. The number of furan rings is 1. The van der Waals surface area contributed by atoms with Gasteiger partial charge in [0.15, 0.2) is 5.76 Å². The van der Waals surface area contributed by atoms with Crippen molar-refractivity contribution in [2.24, 2.45) is 0 Å². The maximum Gasteiger partial charge on any atom is 0.291 e. The second-order valence-electron chi connectivity index (χ2n) is 8.28. The van der Waals surface area contributed by atoms with Gasteiger partial charge in [-0.1, -0.05) is 32.9 Å². The molecule has 0 aliphatic carbocycles. The Morgan fingerprint density at radius 2 is 1.55 bits per heavy atom. The fourth-order valence-electron chi connectivity index (χ4n) is 2.93. The van der Waals surface area contributed by atoms with Gasteiger partial charge >= 0.3 is 0 Å². The quantitative estimate of drug-likeness (QED) is 0.463. The summed E-state index contributed by atoms with van der Waals surface area (Å²) in [4.78, 5) is 24.1. The Balaban J connectivity index is 1.38. The highest BCUT2D eigenvalue weighted by Gasteiger charge is 2.13. The Morgan fingerprint density at radius 3 is 2.13 bits per heavy atom. The largest absolute Gasteiger partial charge is 0.494 e. The van der Waals surface area contributed by atoms with Crippen LogP contribution in [0.4, 0.5) is 11.4 Å². The first-order chi connectivity index (χ1) is 14.8. The van der Waals surface area contributed by atoms with Crippen molar-refractivity contribution in [1.82, 2.24) is 0 Å². The van der Waals surface area contributed by atoms with Crippen molar-refractivity contribution >= 4 is 23.2 Å². The molecule has 0 bridgehead atoms. The van der Waals surface area contributed by atoms with Crippen molar-refractivity contribution in [2.75, 3.05) is 17.2 Å². The third kappa shape index (κ3) is 6.74. The van der Waals surface area contributed by atoms with Gasteiger partial charge in [0.05, 0.1) is 12.9 Å². The number of anilines is 2. The van der Waals surface area contributed by atoms with E-state index in [1.165, 1.54) is 11.8 Å². The molecule has 0 aliphatic heterocycles. The smallest absolute Gasteiger partial charge is 0.291 e. The molecule has 31 heavy (non-hydrogen) atoms. The monoisotopic (exact) mass is 420 g/mol. The molecule has 0 unspecified atom stereocenters. The predicted molar refractivity (Wildman–Crippen MR) is 122 cm³/mol. The second-order valence-corrected chi connectivity index (χ2v) is 8.28. The highest BCUT2D eigenvalue weighted by atomic mass is 16.5. The Morgan fingerprint density at radius 1 is 0.903 bits per heavy atom. The van der Waals surface area contributed by atoms with Crippen LogP contribution in [0.25, 0.3) is 0 Å². The van der Waals surface area contributed by atoms with Gasteiger partial charge in [0.1, 0.15) is 5.75 Å². The molecule has 3 aromatic rings. The number of carbonyl (C=O) groups excluding carboxylic acids is 2. The van der Waals surface area contributed by atoms with Crippen LogP contribution in [0.1, 0.15) is 49.7 Å². The second kappa shape index (κ2) is 9.98. The summed E-state index contributed by atoms with van der Waals surface area (Å²) in [6.45, 7) is 6.99. The van der Waals surface area contributed by atoms with E-state index < -0.39 is 0 Å². The van der Waals surface area contributed by atoms with Gasteiger partial charge in [-0.2, -0.15) is 0 Å². The molecule has 6 heteroatoms. The van der Waals surface area contributed by atoms with Crippen LogP contribution in [0.5, 0.6) is 5.75 Å². The first-order valence-electron chi connectivity index (χ1n) is 10.3. The van der Waals surface area contributed by atoms with Gasteiger partial charge in [-0.15, -0.1) is 0 Å². The number of hydrogen-bond donors (Lipinski definition) is 2. The molecule has 0 saturated heterocycles. The van der Waals surface area contributed by atoms with Crippen LogP contribution in [-0.4, -0.2) is 18.4 Å². The van der Waals surface area contributed by atoms with Crippen LogP contribution in [0, 0.1) is 0 Å². The zero-order chi connectivity index (χ0) is 22.3. The van der Waals surface area contributed by atoms with Gasteiger partial charge in [-0.05, 0) is 65.9 Å². The molecule has 3 rings (SSSR count). The van der Waals surface area contributed by atoms with Gasteiger partial charge in [-0.25, -0.2) is 0 Å². The molecule has 0 fully saturated rings. The maximum absolute atomic E-state index is 12.1. The average molecular weight is 421 g/mol. The van der Waals surface area contributed by atoms with E-state index in [0.29, 0.717) is 30.8 Å². The van der Waals surface area contributed by atoms with Crippen molar-refractivity contribution < 1.29 is 18.7 Å². The molecule has 6 nitrogen and oxygen atoms in total. The van der Waals surface area contributed by atoms with Crippen LogP contribution >= 0.6 is 0 Å². The SMILES string of the molecule is CC(C)(C)c1ccc(OCCCC(=O)Nc2ccc(NC(=O)c3ccco3)cc2)cc1. The predicted octanol–water partition coefficient (Wildman–Crippen LogP) is 5.63. The molecule has 2 amide bonds. The molecule has 0 atom stereocenters. The van der Waals surface area contributed by atoms with Gasteiger partial charge in [0.2, 0.25) is 5.91 Å². The molecule has 1 aromatic heterocycles. The van der Waals surface area contributed by atoms with Crippen LogP contribution in [-0.2, 0) is 10.2 Å². The molecule has 2 aromatic carbocycles. The van der Waals surface area contributed by atoms with Crippen LogP contribution < -0.4 is 15.4 Å². The fraction of sp³-hybridized carbons (Fsp3) is 0.280. The number of rotatable bonds is 8. The molecule has 0 radical (unpaired) electrons. The van der Waals surface area contributed by atoms with Crippen LogP contribution in [0.3, 0.4) is 0 Å². The van der Waals surface area contributed by atoms with E-state index in [-0.39, 0.29) is 23.0 Å². The van der Waals surface area contributed by atoms with Gasteiger partial charge in [-0.3, -0.25) is 9.59 Å². The number of ether oxygens (including phenoxy) is 1. The number of amides is 2. The Bertz CT molecular complexity index is 986. The molecule has 0 saturated carbocycles. The summed E-state index contributed by atoms with van der Waals surface area (Å²) in [5, 5.41) is 5.58. The minimum Gasteiger partial charge on any atom is -0.494 e. The van der Waals surface area contributed by atoms with Crippen molar-refractivity contribution in [3.8, 4) is 5.75 Å². The van der Waals surface area contributed by atoms with Crippen molar-refractivity contribution in [3.63, 3.8) is 0 Å². The lowest BCUT2D eigenvalue weighted by Crippen LogP contribution is -2.13. The summed E-state index contributed by atoms with van der Waals surface area (Å²) in [6.07, 6.45) is 2.42. The van der Waals surface area contributed by atoms with E-state index in [0.717, 1.165) is 5.75 Å². The van der Waals surface area contributed by atoms with E-state index in [2.05, 4.69) is 43.5 Å². The summed E-state index contributed by atoms with van der Waals surface area (Å²) in [5.74, 6) is 0.638. The lowest BCUT2D eigenvalue weighted by molar-refractivity contribution is -0.116. The van der Waals surface area contributed by atoms with E-state index in [1.807, 2.05) is 12.1 Å². The van der Waals surface area contributed by atoms with Gasteiger partial charge in [0, 0.05) is 17.8 Å². The summed E-state index contributed by atoms with van der Waals surface area (Å²) in [6, 6.07) is 18.2. The summed E-state index contributed by atoms with van der Waals surface area (Å²) in [5.41, 5.74) is 2.65. The van der Waals surface area contributed by atoms with Crippen molar-refractivity contribution in [2.45, 2.75) is 39.0 Å². The molecular weight excluding hydrogens is 392 g/mol. The Labute approximate surface area is 182 Å². The van der Waals surface area contributed by atoms with E-state index in [9.17, 15) is 9.59 Å². The number of benzene rings is 2. The van der Waals surface area contributed by atoms with Crippen LogP contribution in [0.2, 0.25) is 0 Å². The molecule has 0 spiro atoms. The fourth-order valence-corrected chi connectivity index (χ4v) is 2.93. The summed E-state index contributed by atoms with van der Waals surface area (Å²) < 4.78 is 10.8. The third-order valence-corrected chi connectivity index (χ3v) is 4.71. The van der Waals surface area contributed by atoms with E-state index >= 15 is 0 Å². The normalized spacial score (nSPS) is 11.1. The lowest BCUT2D eigenvalue weighted by atomic mass is 9.87. The van der Waals surface area contributed by atoms with Gasteiger partial charge < -0.3 is 19.8 Å². The topological polar surface area (TPSA) is 80.6 Å². The number of nitrogens with one attached hydrogen (secondary N) is 2. The minimum atomic E-state index is -0.324. The standard InChI is InChI=1S/C25H28N2O4/c1-25(2,3)18-8-14-21(15-9-18)30-16-5-7-23(28)26-19-10-12-20(13-11-19)27-24(29)22-6-4-17-31-22/h4,6,8-15,17H,5,7,16H2,1-3H3,(H,26,28)(H,27,29). The lowest BCUT2D eigenvalue weighted by Gasteiger charge is -2.19. The number of hydrogen-bond acceptors (Lipinski definition) is 4. The van der Waals surface area contributed by atoms with Crippen molar-refractivity contribution in [1.29, 1.82) is 0 Å². The first-order valence-corrected chi connectivity index (χ1v) is 10.3. The van der Waals surface area contributed by atoms with E-state index in [1.54, 1.807) is 36.4 Å². The Kier molecular flexibility index (Phi) is 7.13. The zero-order valence-corrected chi connectivity index (χ0v) is 18.1. The summed E-state index contributed by atoms with van der Waals surface area (Å²) >= 11 is 0. The molecular formula is C25H28N2O4. The first kappa shape index (κ1) is 22.2. The van der Waals surface area contributed by atoms with Crippen LogP contribution in [0.15, 0.2) is 71.3 Å². The number of carbonyl (C=O) groups is 2. The summed E-state index contributed by atoms with van der Waals surface area (Å²) in [7, 11) is 0. The van der Waals surface area contributed by atoms with Crippen molar-refractivity contribution in [3.05, 3.63) is 78.3 Å². The zero-order valence-electron chi connectivity index (χ0n) is 18.1. The van der Waals surface area contributed by atoms with Gasteiger partial charge in [0.25, 0.3) is 5.91 Å². The minimum absolute atomic E-state index is 0.0842. The average Bonchev–Trinajstić information content (AvgIpc) is 3.27. The third-order valence-electron chi connectivity index (χ3n) is 4.71. The maximum atomic E-state index is 12.1. The molecule has 2 N–H and O–H groups in total. The highest BCUT2D eigenvalue weighted by molar-refractivity contribution is 6.02. The highest BCUT2D eigenvalue weighted by Crippen LogP contribution is 2.24. The van der Waals surface area contributed by atoms with E-state index in [4.69, 9.17) is 9.15 Å². The Hall–Kier alpha value is -3.54. The molecule has 0 aliphatic rings. The molecule has 162 valence electrons.